The van der Waals surface area contributed by atoms with Crippen molar-refractivity contribution >= 4 is 23.3 Å². The summed E-state index contributed by atoms with van der Waals surface area (Å²) in [7, 11) is 0. The van der Waals surface area contributed by atoms with Gasteiger partial charge in [-0.1, -0.05) is 0 Å². The fourth-order valence-electron chi connectivity index (χ4n) is 6.01. The summed E-state index contributed by atoms with van der Waals surface area (Å²) in [6.45, 7) is 14.6. The number of piperazine rings is 1. The van der Waals surface area contributed by atoms with Gasteiger partial charge in [0.25, 0.3) is 0 Å². The predicted molar refractivity (Wildman–Crippen MR) is 138 cm³/mol. The smallest absolute Gasteiger partial charge is 0.225 e. The van der Waals surface area contributed by atoms with Gasteiger partial charge in [-0.15, -0.1) is 0 Å². The Bertz CT molecular complexity index is 771. The van der Waals surface area contributed by atoms with Crippen LogP contribution >= 0.6 is 12.2 Å². The number of morpholine rings is 1. The van der Waals surface area contributed by atoms with Crippen molar-refractivity contribution in [3.8, 4) is 0 Å². The highest BCUT2D eigenvalue weighted by atomic mass is 32.1. The summed E-state index contributed by atoms with van der Waals surface area (Å²) >= 11 is 5.55. The molecule has 2 bridgehead atoms. The summed E-state index contributed by atoms with van der Waals surface area (Å²) in [6.07, 6.45) is 6.32. The number of hydrogen-bond donors (Lipinski definition) is 2. The lowest BCUT2D eigenvalue weighted by molar-refractivity contribution is -0.0110. The minimum absolute atomic E-state index is 0.612. The molecule has 5 saturated heterocycles. The topological polar surface area (TPSA) is 72.0 Å². The Hall–Kier alpha value is -1.59. The van der Waals surface area contributed by atoms with Crippen LogP contribution in [0.25, 0.3) is 0 Å². The van der Waals surface area contributed by atoms with Crippen molar-refractivity contribution in [1.82, 2.24) is 35.3 Å². The molecule has 6 rings (SSSR count). The maximum atomic E-state index is 5.55. The van der Waals surface area contributed by atoms with E-state index in [4.69, 9.17) is 17.0 Å². The van der Waals surface area contributed by atoms with E-state index in [2.05, 4.69) is 40.2 Å². The van der Waals surface area contributed by atoms with Gasteiger partial charge in [-0.25, -0.2) is 9.97 Å². The van der Waals surface area contributed by atoms with Crippen molar-refractivity contribution in [3.63, 3.8) is 0 Å². The summed E-state index contributed by atoms with van der Waals surface area (Å²) in [4.78, 5) is 18.9. The van der Waals surface area contributed by atoms with E-state index >= 15 is 0 Å². The lowest BCUT2D eigenvalue weighted by Crippen LogP contribution is -2.59. The van der Waals surface area contributed by atoms with Gasteiger partial charge in [0, 0.05) is 90.4 Å². The number of nitrogens with one attached hydrogen (secondary N) is 2. The predicted octanol–water partition coefficient (Wildman–Crippen LogP) is 0.105. The zero-order valence-corrected chi connectivity index (χ0v) is 21.1. The zero-order chi connectivity index (χ0) is 23.2. The van der Waals surface area contributed by atoms with Crippen LogP contribution in [0, 0.1) is 11.8 Å². The van der Waals surface area contributed by atoms with Gasteiger partial charge in [0.15, 0.2) is 5.11 Å². The fraction of sp³-hybridized carbons (Fsp3) is 0.792. The first-order valence-electron chi connectivity index (χ1n) is 13.0. The van der Waals surface area contributed by atoms with Crippen molar-refractivity contribution < 1.29 is 4.74 Å². The van der Waals surface area contributed by atoms with E-state index in [1.54, 1.807) is 0 Å². The SMILES string of the molecule is S=C(NCCN1CCOCC1)NCC1CC2CCN1CC2CN1CCN(c2ncccn2)CC1. The molecule has 34 heavy (non-hydrogen) atoms. The molecular formula is C24H40N8OS. The molecule has 0 amide bonds. The Labute approximate surface area is 209 Å². The van der Waals surface area contributed by atoms with Crippen molar-refractivity contribution in [1.29, 1.82) is 0 Å². The molecule has 1 aromatic rings. The molecule has 0 radical (unpaired) electrons. The number of anilines is 1. The van der Waals surface area contributed by atoms with Gasteiger partial charge in [0.05, 0.1) is 13.2 Å². The van der Waals surface area contributed by atoms with Crippen LogP contribution in [0.1, 0.15) is 12.8 Å². The Morgan fingerprint density at radius 2 is 1.79 bits per heavy atom. The first-order valence-corrected chi connectivity index (χ1v) is 13.5. The average molecular weight is 489 g/mol. The molecule has 5 aliphatic heterocycles. The normalized spacial score (nSPS) is 30.3. The quantitative estimate of drug-likeness (QED) is 0.493. The van der Waals surface area contributed by atoms with E-state index in [1.165, 1.54) is 32.5 Å². The highest BCUT2D eigenvalue weighted by molar-refractivity contribution is 7.80. The molecule has 9 nitrogen and oxygen atoms in total. The zero-order valence-electron chi connectivity index (χ0n) is 20.3. The van der Waals surface area contributed by atoms with Crippen LogP contribution in [0.5, 0.6) is 0 Å². The van der Waals surface area contributed by atoms with E-state index in [1.807, 2.05) is 18.5 Å². The Balaban J connectivity index is 0.993. The number of hydrogen-bond acceptors (Lipinski definition) is 8. The number of nitrogens with zero attached hydrogens (tertiary/aromatic N) is 6. The molecular weight excluding hydrogens is 448 g/mol. The molecule has 0 spiro atoms. The maximum absolute atomic E-state index is 5.55. The van der Waals surface area contributed by atoms with Gasteiger partial charge in [0.2, 0.25) is 5.95 Å². The molecule has 4 atom stereocenters. The van der Waals surface area contributed by atoms with Crippen LogP contribution in [-0.4, -0.2) is 128 Å². The average Bonchev–Trinajstić information content (AvgIpc) is 2.90. The summed E-state index contributed by atoms with van der Waals surface area (Å²) in [5.74, 6) is 2.51. The lowest BCUT2D eigenvalue weighted by Gasteiger charge is -2.51. The third-order valence-electron chi connectivity index (χ3n) is 8.03. The second kappa shape index (κ2) is 11.9. The number of thiocarbonyl (C=S) groups is 1. The van der Waals surface area contributed by atoms with E-state index in [-0.39, 0.29) is 0 Å². The third kappa shape index (κ3) is 6.34. The molecule has 0 saturated carbocycles. The minimum Gasteiger partial charge on any atom is -0.379 e. The van der Waals surface area contributed by atoms with Gasteiger partial charge in [-0.3, -0.25) is 14.7 Å². The van der Waals surface area contributed by atoms with Crippen LogP contribution in [0.3, 0.4) is 0 Å². The van der Waals surface area contributed by atoms with Crippen molar-refractivity contribution in [2.45, 2.75) is 18.9 Å². The standard InChI is InChI=1S/C24H40N8OS/c34-24(27-5-7-29-12-14-33-15-13-29)28-17-22-16-20-2-6-32(22)19-21(20)18-30-8-10-31(11-9-30)23-25-3-1-4-26-23/h1,3-4,20-22H,2,5-19H2,(H2,27,28,34). The molecule has 5 fully saturated rings. The molecule has 6 heterocycles. The highest BCUT2D eigenvalue weighted by Gasteiger charge is 2.40. The molecule has 0 aliphatic carbocycles. The van der Waals surface area contributed by atoms with Crippen molar-refractivity contribution in [2.75, 3.05) is 96.7 Å². The monoisotopic (exact) mass is 488 g/mol. The Kier molecular flexibility index (Phi) is 8.44. The number of piperidine rings is 3. The largest absolute Gasteiger partial charge is 0.379 e. The van der Waals surface area contributed by atoms with Crippen LogP contribution < -0.4 is 15.5 Å². The molecule has 5 aliphatic rings. The molecule has 2 N–H and O–H groups in total. The van der Waals surface area contributed by atoms with Crippen LogP contribution in [-0.2, 0) is 4.74 Å². The van der Waals surface area contributed by atoms with Gasteiger partial charge < -0.3 is 20.3 Å². The third-order valence-corrected chi connectivity index (χ3v) is 8.32. The van der Waals surface area contributed by atoms with Gasteiger partial charge >= 0.3 is 0 Å². The molecule has 0 aromatic carbocycles. The number of aromatic nitrogens is 2. The van der Waals surface area contributed by atoms with Gasteiger partial charge in [-0.2, -0.15) is 0 Å². The minimum atomic E-state index is 0.612. The summed E-state index contributed by atoms with van der Waals surface area (Å²) < 4.78 is 5.41. The fourth-order valence-corrected chi connectivity index (χ4v) is 6.20. The van der Waals surface area contributed by atoms with Crippen LogP contribution in [0.2, 0.25) is 0 Å². The second-order valence-electron chi connectivity index (χ2n) is 10.1. The molecule has 1 aromatic heterocycles. The lowest BCUT2D eigenvalue weighted by atomic mass is 9.75. The van der Waals surface area contributed by atoms with E-state index in [0.29, 0.717) is 6.04 Å². The Morgan fingerprint density at radius 3 is 2.53 bits per heavy atom. The van der Waals surface area contributed by atoms with Crippen LogP contribution in [0.4, 0.5) is 5.95 Å². The first kappa shape index (κ1) is 24.1. The van der Waals surface area contributed by atoms with E-state index in [0.717, 1.165) is 95.0 Å². The summed E-state index contributed by atoms with van der Waals surface area (Å²) in [5, 5.41) is 7.69. The van der Waals surface area contributed by atoms with E-state index < -0.39 is 0 Å². The first-order chi connectivity index (χ1) is 16.7. The van der Waals surface area contributed by atoms with E-state index in [9.17, 15) is 0 Å². The number of fused-ring (bicyclic) bond motifs is 3. The maximum Gasteiger partial charge on any atom is 0.225 e. The summed E-state index contributed by atoms with van der Waals surface area (Å²) in [5.41, 5.74) is 0. The summed E-state index contributed by atoms with van der Waals surface area (Å²) in [6, 6.07) is 2.49. The Morgan fingerprint density at radius 1 is 1.00 bits per heavy atom. The highest BCUT2D eigenvalue weighted by Crippen LogP contribution is 2.36. The van der Waals surface area contributed by atoms with Crippen molar-refractivity contribution in [3.05, 3.63) is 18.5 Å². The number of ether oxygens (including phenoxy) is 1. The second-order valence-corrected chi connectivity index (χ2v) is 10.5. The molecule has 10 heteroatoms. The van der Waals surface area contributed by atoms with Crippen molar-refractivity contribution in [2.24, 2.45) is 11.8 Å². The van der Waals surface area contributed by atoms with Gasteiger partial charge in [-0.05, 0) is 49.5 Å². The molecule has 188 valence electrons. The van der Waals surface area contributed by atoms with Crippen LogP contribution in [0.15, 0.2) is 18.5 Å². The number of rotatable bonds is 8. The van der Waals surface area contributed by atoms with Gasteiger partial charge in [0.1, 0.15) is 0 Å². The molecule has 4 unspecified atom stereocenters.